The molecule has 1 saturated heterocycles. The fourth-order valence-electron chi connectivity index (χ4n) is 4.90. The third-order valence-electron chi connectivity index (χ3n) is 6.61. The summed E-state index contributed by atoms with van der Waals surface area (Å²) in [5, 5.41) is 8.27. The van der Waals surface area contributed by atoms with E-state index >= 15 is 0 Å². The fraction of sp³-hybridized carbons (Fsp3) is 0.583. The highest BCUT2D eigenvalue weighted by Gasteiger charge is 2.31. The molecule has 1 atom stereocenters. The van der Waals surface area contributed by atoms with E-state index < -0.39 is 0 Å². The van der Waals surface area contributed by atoms with Crippen LogP contribution in [-0.2, 0) is 11.2 Å². The molecule has 6 heteroatoms. The summed E-state index contributed by atoms with van der Waals surface area (Å²) in [7, 11) is 1.81. The van der Waals surface area contributed by atoms with Gasteiger partial charge in [0.05, 0.1) is 0 Å². The average Bonchev–Trinajstić information content (AvgIpc) is 3.43. The van der Waals surface area contributed by atoms with Crippen LogP contribution < -0.4 is 10.6 Å². The van der Waals surface area contributed by atoms with Crippen molar-refractivity contribution in [2.45, 2.75) is 57.4 Å². The highest BCUT2D eigenvalue weighted by atomic mass is 16.2. The molecule has 4 rings (SSSR count). The third kappa shape index (κ3) is 4.97. The molecule has 0 spiro atoms. The number of nitrogens with zero attached hydrogens (tertiary/aromatic N) is 2. The van der Waals surface area contributed by atoms with Crippen LogP contribution in [0.2, 0.25) is 0 Å². The zero-order valence-electron chi connectivity index (χ0n) is 18.1. The summed E-state index contributed by atoms with van der Waals surface area (Å²) in [5.41, 5.74) is 2.56. The molecule has 162 valence electrons. The van der Waals surface area contributed by atoms with Gasteiger partial charge < -0.3 is 20.5 Å². The van der Waals surface area contributed by atoms with E-state index in [1.165, 1.54) is 35.7 Å². The third-order valence-corrected chi connectivity index (χ3v) is 6.61. The summed E-state index contributed by atoms with van der Waals surface area (Å²) < 4.78 is 0. The van der Waals surface area contributed by atoms with E-state index in [9.17, 15) is 4.79 Å². The van der Waals surface area contributed by atoms with Gasteiger partial charge in [0.2, 0.25) is 5.91 Å². The number of carbonyl (C=O) groups excluding carboxylic acids is 1. The molecule has 3 N–H and O–H groups in total. The molecule has 1 aromatic heterocycles. The van der Waals surface area contributed by atoms with E-state index in [0.717, 1.165) is 57.7 Å². The van der Waals surface area contributed by atoms with Crippen LogP contribution in [0.15, 0.2) is 35.5 Å². The largest absolute Gasteiger partial charge is 0.361 e. The fourth-order valence-corrected chi connectivity index (χ4v) is 4.90. The highest BCUT2D eigenvalue weighted by Crippen LogP contribution is 2.26. The second-order valence-corrected chi connectivity index (χ2v) is 8.71. The number of nitrogens with one attached hydrogen (secondary N) is 3. The number of H-pyrrole nitrogens is 1. The molecule has 2 heterocycles. The van der Waals surface area contributed by atoms with Crippen molar-refractivity contribution in [3.05, 3.63) is 36.0 Å². The van der Waals surface area contributed by atoms with E-state index in [4.69, 9.17) is 0 Å². The van der Waals surface area contributed by atoms with Crippen molar-refractivity contribution < 1.29 is 4.79 Å². The van der Waals surface area contributed by atoms with Gasteiger partial charge in [-0.3, -0.25) is 9.79 Å². The highest BCUT2D eigenvalue weighted by molar-refractivity contribution is 5.83. The number of hydrogen-bond acceptors (Lipinski definition) is 2. The number of hydrogen-bond donors (Lipinski definition) is 3. The van der Waals surface area contributed by atoms with Crippen molar-refractivity contribution in [1.29, 1.82) is 0 Å². The molecule has 2 fully saturated rings. The van der Waals surface area contributed by atoms with E-state index in [-0.39, 0.29) is 12.0 Å². The number of rotatable bonds is 6. The molecule has 0 radical (unpaired) electrons. The molecule has 1 aliphatic carbocycles. The monoisotopic (exact) mass is 409 g/mol. The van der Waals surface area contributed by atoms with Crippen molar-refractivity contribution >= 4 is 22.8 Å². The lowest BCUT2D eigenvalue weighted by Crippen LogP contribution is -2.45. The Morgan fingerprint density at radius 1 is 1.20 bits per heavy atom. The van der Waals surface area contributed by atoms with Gasteiger partial charge in [0.1, 0.15) is 0 Å². The predicted octanol–water partition coefficient (Wildman–Crippen LogP) is 3.45. The van der Waals surface area contributed by atoms with Crippen LogP contribution in [0, 0.1) is 5.92 Å². The number of aryl methyl sites for hydroxylation is 1. The van der Waals surface area contributed by atoms with Crippen LogP contribution >= 0.6 is 0 Å². The van der Waals surface area contributed by atoms with Crippen LogP contribution in [-0.4, -0.2) is 54.5 Å². The maximum Gasteiger partial charge on any atom is 0.225 e. The number of carbonyl (C=O) groups is 1. The molecule has 2 aliphatic rings. The molecular formula is C24H35N5O. The number of amides is 1. The number of para-hydroxylation sites is 1. The van der Waals surface area contributed by atoms with Gasteiger partial charge in [0, 0.05) is 55.7 Å². The lowest BCUT2D eigenvalue weighted by Gasteiger charge is -2.26. The SMILES string of the molecule is CN=C(NCCCc1c[nH]c2ccccc12)NC1CCN(C(=O)C2CCCCC2)C1. The Morgan fingerprint density at radius 2 is 2.03 bits per heavy atom. The first-order valence-electron chi connectivity index (χ1n) is 11.6. The molecule has 1 aromatic carbocycles. The molecule has 1 aliphatic heterocycles. The van der Waals surface area contributed by atoms with Crippen LogP contribution in [0.25, 0.3) is 10.9 Å². The Hall–Kier alpha value is -2.50. The summed E-state index contributed by atoms with van der Waals surface area (Å²) in [5.74, 6) is 1.48. The molecule has 1 unspecified atom stereocenters. The number of aliphatic imine (C=N–C) groups is 1. The first-order chi connectivity index (χ1) is 14.7. The zero-order valence-corrected chi connectivity index (χ0v) is 18.1. The second kappa shape index (κ2) is 10.0. The molecule has 1 amide bonds. The number of aromatic nitrogens is 1. The first-order valence-corrected chi connectivity index (χ1v) is 11.6. The van der Waals surface area contributed by atoms with E-state index in [1.807, 2.05) is 7.05 Å². The number of fused-ring (bicyclic) bond motifs is 1. The smallest absolute Gasteiger partial charge is 0.225 e. The lowest BCUT2D eigenvalue weighted by molar-refractivity contribution is -0.135. The average molecular weight is 410 g/mol. The van der Waals surface area contributed by atoms with Crippen molar-refractivity contribution in [1.82, 2.24) is 20.5 Å². The number of likely N-dealkylation sites (tertiary alicyclic amines) is 1. The van der Waals surface area contributed by atoms with Crippen LogP contribution in [0.3, 0.4) is 0 Å². The molecule has 0 bridgehead atoms. The topological polar surface area (TPSA) is 72.5 Å². The zero-order chi connectivity index (χ0) is 20.8. The summed E-state index contributed by atoms with van der Waals surface area (Å²) in [6, 6.07) is 8.74. The number of benzene rings is 1. The van der Waals surface area contributed by atoms with Gasteiger partial charge in [0.25, 0.3) is 0 Å². The Labute approximate surface area is 179 Å². The van der Waals surface area contributed by atoms with Gasteiger partial charge in [-0.05, 0) is 43.7 Å². The molecule has 6 nitrogen and oxygen atoms in total. The minimum absolute atomic E-state index is 0.263. The summed E-state index contributed by atoms with van der Waals surface area (Å²) >= 11 is 0. The molecule has 1 saturated carbocycles. The van der Waals surface area contributed by atoms with Gasteiger partial charge in [-0.15, -0.1) is 0 Å². The maximum absolute atomic E-state index is 12.8. The minimum Gasteiger partial charge on any atom is -0.361 e. The maximum atomic E-state index is 12.8. The number of aromatic amines is 1. The minimum atomic E-state index is 0.263. The van der Waals surface area contributed by atoms with Gasteiger partial charge in [-0.1, -0.05) is 37.5 Å². The van der Waals surface area contributed by atoms with E-state index in [2.05, 4.69) is 56.0 Å². The Balaban J connectivity index is 1.19. The molecular weight excluding hydrogens is 374 g/mol. The summed E-state index contributed by atoms with van der Waals surface area (Å²) in [6.07, 6.45) is 11.0. The van der Waals surface area contributed by atoms with Crippen LogP contribution in [0.5, 0.6) is 0 Å². The van der Waals surface area contributed by atoms with Crippen molar-refractivity contribution in [3.63, 3.8) is 0 Å². The Morgan fingerprint density at radius 3 is 2.87 bits per heavy atom. The number of guanidine groups is 1. The van der Waals surface area contributed by atoms with E-state index in [1.54, 1.807) is 0 Å². The van der Waals surface area contributed by atoms with Crippen molar-refractivity contribution in [2.75, 3.05) is 26.7 Å². The lowest BCUT2D eigenvalue weighted by atomic mass is 9.88. The first kappa shape index (κ1) is 20.8. The summed E-state index contributed by atoms with van der Waals surface area (Å²) in [4.78, 5) is 22.6. The Kier molecular flexibility index (Phi) is 6.92. The standard InChI is InChI=1S/C24H35N5O/c1-25-24(26-14-7-10-19-16-27-22-12-6-5-11-21(19)22)28-20-13-15-29(17-20)23(30)18-8-3-2-4-9-18/h5-6,11-12,16,18,20,27H,2-4,7-10,13-15,17H2,1H3,(H2,25,26,28). The Bertz CT molecular complexity index is 867. The molecule has 2 aromatic rings. The van der Waals surface area contributed by atoms with Crippen molar-refractivity contribution in [3.8, 4) is 0 Å². The van der Waals surface area contributed by atoms with Gasteiger partial charge in [0.15, 0.2) is 5.96 Å². The van der Waals surface area contributed by atoms with Crippen LogP contribution in [0.4, 0.5) is 0 Å². The second-order valence-electron chi connectivity index (χ2n) is 8.71. The molecule has 30 heavy (non-hydrogen) atoms. The van der Waals surface area contributed by atoms with Crippen molar-refractivity contribution in [2.24, 2.45) is 10.9 Å². The normalized spacial score (nSPS) is 20.6. The summed E-state index contributed by atoms with van der Waals surface area (Å²) in [6.45, 7) is 2.53. The van der Waals surface area contributed by atoms with E-state index in [0.29, 0.717) is 5.91 Å². The van der Waals surface area contributed by atoms with Crippen LogP contribution in [0.1, 0.15) is 50.5 Å². The van der Waals surface area contributed by atoms with Gasteiger partial charge >= 0.3 is 0 Å². The van der Waals surface area contributed by atoms with Gasteiger partial charge in [-0.25, -0.2) is 0 Å². The predicted molar refractivity (Wildman–Crippen MR) is 123 cm³/mol. The van der Waals surface area contributed by atoms with Gasteiger partial charge in [-0.2, -0.15) is 0 Å². The quantitative estimate of drug-likeness (QED) is 0.389.